The van der Waals surface area contributed by atoms with Gasteiger partial charge in [-0.3, -0.25) is 0 Å². The molecule has 0 saturated heterocycles. The molecule has 0 bridgehead atoms. The van der Waals surface area contributed by atoms with E-state index in [1.807, 2.05) is 66.7 Å². The molecule has 0 aliphatic rings. The summed E-state index contributed by atoms with van der Waals surface area (Å²) in [6, 6.07) is 19.7. The highest BCUT2D eigenvalue weighted by Crippen LogP contribution is 2.15. The SMILES string of the molecule is CC(/C=C/C(=O)OCc1ccccc1)c1ccccc1. The Morgan fingerprint density at radius 2 is 1.65 bits per heavy atom. The molecule has 2 aromatic rings. The second-order valence-electron chi connectivity index (χ2n) is 4.65. The number of ether oxygens (including phenoxy) is 1. The van der Waals surface area contributed by atoms with Gasteiger partial charge < -0.3 is 4.74 Å². The number of hydrogen-bond donors (Lipinski definition) is 0. The molecule has 0 N–H and O–H groups in total. The summed E-state index contributed by atoms with van der Waals surface area (Å²) < 4.78 is 5.19. The highest BCUT2D eigenvalue weighted by Gasteiger charge is 2.02. The summed E-state index contributed by atoms with van der Waals surface area (Å²) in [6.07, 6.45) is 3.36. The Morgan fingerprint density at radius 1 is 1.05 bits per heavy atom. The fourth-order valence-electron chi connectivity index (χ4n) is 1.87. The fourth-order valence-corrected chi connectivity index (χ4v) is 1.87. The maximum absolute atomic E-state index is 11.6. The summed E-state index contributed by atoms with van der Waals surface area (Å²) >= 11 is 0. The monoisotopic (exact) mass is 266 g/mol. The summed E-state index contributed by atoms with van der Waals surface area (Å²) in [6.45, 7) is 2.36. The van der Waals surface area contributed by atoms with Gasteiger partial charge in [0.05, 0.1) is 0 Å². The third-order valence-electron chi connectivity index (χ3n) is 3.07. The molecular formula is C18H18O2. The van der Waals surface area contributed by atoms with E-state index in [9.17, 15) is 4.79 Å². The smallest absolute Gasteiger partial charge is 0.330 e. The van der Waals surface area contributed by atoms with Crippen LogP contribution in [0.1, 0.15) is 24.0 Å². The van der Waals surface area contributed by atoms with Crippen molar-refractivity contribution in [2.24, 2.45) is 0 Å². The first-order valence-electron chi connectivity index (χ1n) is 6.69. The Balaban J connectivity index is 1.84. The summed E-state index contributed by atoms with van der Waals surface area (Å²) in [5, 5.41) is 0. The first kappa shape index (κ1) is 14.1. The zero-order valence-corrected chi connectivity index (χ0v) is 11.5. The van der Waals surface area contributed by atoms with Crippen molar-refractivity contribution in [2.75, 3.05) is 0 Å². The normalized spacial score (nSPS) is 12.2. The second kappa shape index (κ2) is 7.29. The van der Waals surface area contributed by atoms with E-state index in [0.717, 1.165) is 5.56 Å². The van der Waals surface area contributed by atoms with E-state index < -0.39 is 0 Å². The first-order valence-corrected chi connectivity index (χ1v) is 6.69. The molecule has 2 aromatic carbocycles. The molecule has 0 aromatic heterocycles. The highest BCUT2D eigenvalue weighted by molar-refractivity contribution is 5.82. The molecule has 0 spiro atoms. The van der Waals surface area contributed by atoms with E-state index in [-0.39, 0.29) is 11.9 Å². The van der Waals surface area contributed by atoms with E-state index in [1.54, 1.807) is 0 Å². The number of rotatable bonds is 5. The Kier molecular flexibility index (Phi) is 5.13. The van der Waals surface area contributed by atoms with Crippen LogP contribution < -0.4 is 0 Å². The maximum Gasteiger partial charge on any atom is 0.330 e. The second-order valence-corrected chi connectivity index (χ2v) is 4.65. The fraction of sp³-hybridized carbons (Fsp3) is 0.167. The average molecular weight is 266 g/mol. The topological polar surface area (TPSA) is 26.3 Å². The average Bonchev–Trinajstić information content (AvgIpc) is 2.52. The van der Waals surface area contributed by atoms with Crippen molar-refractivity contribution in [2.45, 2.75) is 19.4 Å². The molecule has 2 nitrogen and oxygen atoms in total. The van der Waals surface area contributed by atoms with Crippen LogP contribution in [0.2, 0.25) is 0 Å². The van der Waals surface area contributed by atoms with E-state index >= 15 is 0 Å². The minimum absolute atomic E-state index is 0.195. The van der Waals surface area contributed by atoms with Crippen LogP contribution in [-0.2, 0) is 16.1 Å². The zero-order chi connectivity index (χ0) is 14.2. The standard InChI is InChI=1S/C18H18O2/c1-15(17-10-6-3-7-11-17)12-13-18(19)20-14-16-8-4-2-5-9-16/h2-13,15H,14H2,1H3/b13-12+. The van der Waals surface area contributed by atoms with Gasteiger partial charge >= 0.3 is 5.97 Å². The molecular weight excluding hydrogens is 248 g/mol. The molecule has 0 heterocycles. The lowest BCUT2D eigenvalue weighted by molar-refractivity contribution is -0.139. The molecule has 0 fully saturated rings. The Hall–Kier alpha value is -2.35. The van der Waals surface area contributed by atoms with Crippen molar-refractivity contribution < 1.29 is 9.53 Å². The van der Waals surface area contributed by atoms with Crippen LogP contribution in [0.4, 0.5) is 0 Å². The van der Waals surface area contributed by atoms with E-state index in [4.69, 9.17) is 4.74 Å². The van der Waals surface area contributed by atoms with Gasteiger partial charge in [0.15, 0.2) is 0 Å². The molecule has 0 aliphatic carbocycles. The third-order valence-corrected chi connectivity index (χ3v) is 3.07. The lowest BCUT2D eigenvalue weighted by atomic mass is 10.0. The van der Waals surface area contributed by atoms with Crippen molar-refractivity contribution in [3.8, 4) is 0 Å². The predicted molar refractivity (Wildman–Crippen MR) is 80.2 cm³/mol. The molecule has 0 aliphatic heterocycles. The van der Waals surface area contributed by atoms with Crippen LogP contribution in [0.15, 0.2) is 72.8 Å². The van der Waals surface area contributed by atoms with E-state index in [0.29, 0.717) is 6.61 Å². The lowest BCUT2D eigenvalue weighted by Crippen LogP contribution is -2.01. The quantitative estimate of drug-likeness (QED) is 0.602. The summed E-state index contributed by atoms with van der Waals surface area (Å²) in [5.74, 6) is -0.114. The van der Waals surface area contributed by atoms with Crippen molar-refractivity contribution in [3.63, 3.8) is 0 Å². The van der Waals surface area contributed by atoms with E-state index in [2.05, 4.69) is 6.92 Å². The minimum Gasteiger partial charge on any atom is -0.458 e. The van der Waals surface area contributed by atoms with Gasteiger partial charge in [-0.2, -0.15) is 0 Å². The molecule has 2 rings (SSSR count). The Bertz CT molecular complexity index is 558. The van der Waals surface area contributed by atoms with Gasteiger partial charge in [-0.15, -0.1) is 0 Å². The number of allylic oxidation sites excluding steroid dienone is 1. The van der Waals surface area contributed by atoms with Crippen LogP contribution in [-0.4, -0.2) is 5.97 Å². The molecule has 1 atom stereocenters. The molecule has 102 valence electrons. The van der Waals surface area contributed by atoms with Gasteiger partial charge in [-0.05, 0) is 17.0 Å². The zero-order valence-electron chi connectivity index (χ0n) is 11.5. The molecule has 0 radical (unpaired) electrons. The molecule has 20 heavy (non-hydrogen) atoms. The van der Waals surface area contributed by atoms with E-state index in [1.165, 1.54) is 11.6 Å². The van der Waals surface area contributed by atoms with Crippen molar-refractivity contribution >= 4 is 5.97 Å². The number of hydrogen-bond acceptors (Lipinski definition) is 2. The van der Waals surface area contributed by atoms with Crippen LogP contribution >= 0.6 is 0 Å². The molecule has 0 saturated carbocycles. The van der Waals surface area contributed by atoms with Gasteiger partial charge in [0, 0.05) is 6.08 Å². The van der Waals surface area contributed by atoms with Crippen molar-refractivity contribution in [1.82, 2.24) is 0 Å². The van der Waals surface area contributed by atoms with Gasteiger partial charge in [0.2, 0.25) is 0 Å². The maximum atomic E-state index is 11.6. The minimum atomic E-state index is -0.309. The molecule has 2 heteroatoms. The van der Waals surface area contributed by atoms with Gasteiger partial charge in [-0.1, -0.05) is 73.7 Å². The van der Waals surface area contributed by atoms with Crippen LogP contribution in [0.5, 0.6) is 0 Å². The number of benzene rings is 2. The summed E-state index contributed by atoms with van der Waals surface area (Å²) in [4.78, 5) is 11.6. The van der Waals surface area contributed by atoms with Gasteiger partial charge in [-0.25, -0.2) is 4.79 Å². The van der Waals surface area contributed by atoms with Crippen LogP contribution in [0.25, 0.3) is 0 Å². The number of esters is 1. The van der Waals surface area contributed by atoms with Crippen molar-refractivity contribution in [1.29, 1.82) is 0 Å². The lowest BCUT2D eigenvalue weighted by Gasteiger charge is -2.06. The first-order chi connectivity index (χ1) is 9.75. The summed E-state index contributed by atoms with van der Waals surface area (Å²) in [5.41, 5.74) is 2.17. The summed E-state index contributed by atoms with van der Waals surface area (Å²) in [7, 11) is 0. The van der Waals surface area contributed by atoms with Gasteiger partial charge in [0.1, 0.15) is 6.61 Å². The highest BCUT2D eigenvalue weighted by atomic mass is 16.5. The Labute approximate surface area is 119 Å². The van der Waals surface area contributed by atoms with Crippen LogP contribution in [0, 0.1) is 0 Å². The third kappa shape index (κ3) is 4.39. The molecule has 1 unspecified atom stereocenters. The van der Waals surface area contributed by atoms with Crippen LogP contribution in [0.3, 0.4) is 0 Å². The largest absolute Gasteiger partial charge is 0.458 e. The Morgan fingerprint density at radius 3 is 2.30 bits per heavy atom. The van der Waals surface area contributed by atoms with Crippen molar-refractivity contribution in [3.05, 3.63) is 83.9 Å². The van der Waals surface area contributed by atoms with Gasteiger partial charge in [0.25, 0.3) is 0 Å². The number of carbonyl (C=O) groups is 1. The molecule has 0 amide bonds. The number of carbonyl (C=O) groups excluding carboxylic acids is 1. The predicted octanol–water partition coefficient (Wildman–Crippen LogP) is 4.09.